The highest BCUT2D eigenvalue weighted by Gasteiger charge is 2.12. The lowest BCUT2D eigenvalue weighted by molar-refractivity contribution is 0.0993. The number of Topliss-reactive ketones (excluding diaryl/α,β-unsaturated/α-hetero) is 1. The summed E-state index contributed by atoms with van der Waals surface area (Å²) in [4.78, 5) is 14.6. The molecule has 21 heavy (non-hydrogen) atoms. The first-order valence-electron chi connectivity index (χ1n) is 7.09. The van der Waals surface area contributed by atoms with Gasteiger partial charge < -0.3 is 10.2 Å². The highest BCUT2D eigenvalue weighted by atomic mass is 16.1. The van der Waals surface area contributed by atoms with Crippen molar-refractivity contribution in [3.8, 4) is 0 Å². The fraction of sp³-hybridized carbons (Fsp3) is 0.278. The summed E-state index contributed by atoms with van der Waals surface area (Å²) >= 11 is 0. The zero-order valence-corrected chi connectivity index (χ0v) is 13.1. The van der Waals surface area contributed by atoms with Gasteiger partial charge in [0.25, 0.3) is 0 Å². The van der Waals surface area contributed by atoms with Crippen molar-refractivity contribution in [3.05, 3.63) is 59.2 Å². The fourth-order valence-corrected chi connectivity index (χ4v) is 2.30. The Hall–Kier alpha value is -2.29. The Morgan fingerprint density at radius 3 is 2.33 bits per heavy atom. The van der Waals surface area contributed by atoms with Crippen molar-refractivity contribution in [1.82, 2.24) is 0 Å². The van der Waals surface area contributed by atoms with Gasteiger partial charge in [0.2, 0.25) is 0 Å². The predicted molar refractivity (Wildman–Crippen MR) is 89.5 cm³/mol. The van der Waals surface area contributed by atoms with E-state index in [4.69, 9.17) is 0 Å². The Morgan fingerprint density at radius 2 is 1.76 bits per heavy atom. The molecule has 0 fully saturated rings. The highest BCUT2D eigenvalue weighted by molar-refractivity contribution is 6.02. The second-order valence-corrected chi connectivity index (χ2v) is 5.46. The van der Waals surface area contributed by atoms with Crippen LogP contribution in [0.3, 0.4) is 0 Å². The zero-order chi connectivity index (χ0) is 15.4. The molecule has 0 atom stereocenters. The van der Waals surface area contributed by atoms with Gasteiger partial charge in [-0.3, -0.25) is 4.79 Å². The van der Waals surface area contributed by atoms with Crippen LogP contribution in [0.25, 0.3) is 0 Å². The number of anilines is 2. The lowest BCUT2D eigenvalue weighted by Gasteiger charge is -2.13. The minimum Gasteiger partial charge on any atom is -0.388 e. The Kier molecular flexibility index (Phi) is 4.63. The molecule has 0 heterocycles. The van der Waals surface area contributed by atoms with Crippen molar-refractivity contribution in [3.63, 3.8) is 0 Å². The van der Waals surface area contributed by atoms with Gasteiger partial charge in [0, 0.05) is 44.5 Å². The van der Waals surface area contributed by atoms with E-state index in [1.807, 2.05) is 75.4 Å². The fourth-order valence-electron chi connectivity index (χ4n) is 2.30. The first-order valence-corrected chi connectivity index (χ1v) is 7.09. The molecule has 0 saturated carbocycles. The van der Waals surface area contributed by atoms with E-state index in [1.165, 1.54) is 0 Å². The van der Waals surface area contributed by atoms with E-state index in [0.29, 0.717) is 6.42 Å². The summed E-state index contributed by atoms with van der Waals surface area (Å²) < 4.78 is 0. The topological polar surface area (TPSA) is 32.3 Å². The third kappa shape index (κ3) is 3.63. The third-order valence-corrected chi connectivity index (χ3v) is 3.56. The minimum absolute atomic E-state index is 0.139. The van der Waals surface area contributed by atoms with Gasteiger partial charge >= 0.3 is 0 Å². The first kappa shape index (κ1) is 15.1. The molecule has 0 radical (unpaired) electrons. The SMILES string of the molecule is CNc1ccc(C)cc1C(=O)Cc1ccc(N(C)C)cc1. The molecule has 0 amide bonds. The predicted octanol–water partition coefficient (Wildman–Crippen LogP) is 3.53. The number of aryl methyl sites for hydroxylation is 1. The molecule has 0 aromatic heterocycles. The average molecular weight is 282 g/mol. The van der Waals surface area contributed by atoms with Crippen molar-refractivity contribution >= 4 is 17.2 Å². The van der Waals surface area contributed by atoms with Crippen LogP contribution in [0.15, 0.2) is 42.5 Å². The van der Waals surface area contributed by atoms with E-state index in [9.17, 15) is 4.79 Å². The molecule has 3 heteroatoms. The quantitative estimate of drug-likeness (QED) is 0.852. The summed E-state index contributed by atoms with van der Waals surface area (Å²) in [5, 5.41) is 3.09. The third-order valence-electron chi connectivity index (χ3n) is 3.56. The van der Waals surface area contributed by atoms with E-state index in [1.54, 1.807) is 0 Å². The second-order valence-electron chi connectivity index (χ2n) is 5.46. The molecule has 3 nitrogen and oxygen atoms in total. The van der Waals surface area contributed by atoms with Gasteiger partial charge in [0.1, 0.15) is 0 Å². The van der Waals surface area contributed by atoms with E-state index in [0.717, 1.165) is 28.1 Å². The zero-order valence-electron chi connectivity index (χ0n) is 13.1. The molecule has 0 unspecified atom stereocenters. The van der Waals surface area contributed by atoms with Crippen LogP contribution in [0, 0.1) is 6.92 Å². The van der Waals surface area contributed by atoms with Crippen LogP contribution in [-0.4, -0.2) is 26.9 Å². The van der Waals surface area contributed by atoms with Crippen LogP contribution in [-0.2, 0) is 6.42 Å². The molecule has 2 rings (SSSR count). The Balaban J connectivity index is 2.19. The van der Waals surface area contributed by atoms with Gasteiger partial charge in [-0.25, -0.2) is 0 Å². The van der Waals surface area contributed by atoms with Crippen molar-refractivity contribution in [1.29, 1.82) is 0 Å². The van der Waals surface area contributed by atoms with Gasteiger partial charge in [-0.15, -0.1) is 0 Å². The van der Waals surface area contributed by atoms with Crippen LogP contribution >= 0.6 is 0 Å². The molecule has 1 N–H and O–H groups in total. The van der Waals surface area contributed by atoms with Crippen molar-refractivity contribution in [2.45, 2.75) is 13.3 Å². The number of carbonyl (C=O) groups is 1. The van der Waals surface area contributed by atoms with Crippen LogP contribution in [0.4, 0.5) is 11.4 Å². The normalized spacial score (nSPS) is 10.3. The van der Waals surface area contributed by atoms with Crippen molar-refractivity contribution in [2.24, 2.45) is 0 Å². The number of hydrogen-bond acceptors (Lipinski definition) is 3. The van der Waals surface area contributed by atoms with E-state index < -0.39 is 0 Å². The largest absolute Gasteiger partial charge is 0.388 e. The number of benzene rings is 2. The Morgan fingerprint density at radius 1 is 1.10 bits per heavy atom. The summed E-state index contributed by atoms with van der Waals surface area (Å²) in [6, 6.07) is 14.0. The lowest BCUT2D eigenvalue weighted by atomic mass is 9.99. The number of nitrogens with zero attached hydrogens (tertiary/aromatic N) is 1. The van der Waals surface area contributed by atoms with E-state index >= 15 is 0 Å². The lowest BCUT2D eigenvalue weighted by Crippen LogP contribution is -2.09. The Labute approximate surface area is 126 Å². The van der Waals surface area contributed by atoms with Crippen LogP contribution in [0.1, 0.15) is 21.5 Å². The molecule has 0 aliphatic carbocycles. The van der Waals surface area contributed by atoms with Crippen molar-refractivity contribution < 1.29 is 4.79 Å². The number of nitrogens with one attached hydrogen (secondary N) is 1. The number of ketones is 1. The standard InChI is InChI=1S/C18H22N2O/c1-13-5-10-17(19-2)16(11-13)18(21)12-14-6-8-15(9-7-14)20(3)4/h5-11,19H,12H2,1-4H3. The van der Waals surface area contributed by atoms with Crippen LogP contribution < -0.4 is 10.2 Å². The molecule has 110 valence electrons. The maximum atomic E-state index is 12.5. The molecule has 0 saturated heterocycles. The van der Waals surface area contributed by atoms with Crippen LogP contribution in [0.5, 0.6) is 0 Å². The Bertz CT molecular complexity index is 630. The molecule has 0 bridgehead atoms. The summed E-state index contributed by atoms with van der Waals surface area (Å²) in [7, 11) is 5.85. The minimum atomic E-state index is 0.139. The molecule has 0 aliphatic rings. The van der Waals surface area contributed by atoms with E-state index in [-0.39, 0.29) is 5.78 Å². The molecular weight excluding hydrogens is 260 g/mol. The summed E-state index contributed by atoms with van der Waals surface area (Å²) in [6.07, 6.45) is 0.422. The molecular formula is C18H22N2O. The van der Waals surface area contributed by atoms with Crippen LogP contribution in [0.2, 0.25) is 0 Å². The van der Waals surface area contributed by atoms with Crippen molar-refractivity contribution in [2.75, 3.05) is 31.4 Å². The van der Waals surface area contributed by atoms with Gasteiger partial charge in [-0.1, -0.05) is 23.8 Å². The number of carbonyl (C=O) groups excluding carboxylic acids is 1. The van der Waals surface area contributed by atoms with Gasteiger partial charge in [-0.2, -0.15) is 0 Å². The molecule has 2 aromatic rings. The molecule has 0 aliphatic heterocycles. The van der Waals surface area contributed by atoms with Gasteiger partial charge in [-0.05, 0) is 36.8 Å². The average Bonchev–Trinajstić information content (AvgIpc) is 2.47. The smallest absolute Gasteiger partial charge is 0.169 e. The first-order chi connectivity index (χ1) is 10.0. The summed E-state index contributed by atoms with van der Waals surface area (Å²) in [6.45, 7) is 2.00. The monoisotopic (exact) mass is 282 g/mol. The van der Waals surface area contributed by atoms with E-state index in [2.05, 4.69) is 5.32 Å². The number of rotatable bonds is 5. The maximum absolute atomic E-state index is 12.5. The van der Waals surface area contributed by atoms with Gasteiger partial charge in [0.15, 0.2) is 5.78 Å². The number of hydrogen-bond donors (Lipinski definition) is 1. The van der Waals surface area contributed by atoms with Gasteiger partial charge in [0.05, 0.1) is 0 Å². The molecule has 0 spiro atoms. The summed E-state index contributed by atoms with van der Waals surface area (Å²) in [5.74, 6) is 0.139. The summed E-state index contributed by atoms with van der Waals surface area (Å²) in [5.41, 5.74) is 4.91. The molecule has 2 aromatic carbocycles. The second kappa shape index (κ2) is 6.44. The maximum Gasteiger partial charge on any atom is 0.169 e. The highest BCUT2D eigenvalue weighted by Crippen LogP contribution is 2.20.